The summed E-state index contributed by atoms with van der Waals surface area (Å²) in [5.74, 6) is 0. The molecule has 1 unspecified atom stereocenters. The summed E-state index contributed by atoms with van der Waals surface area (Å²) in [4.78, 5) is 0.883. The largest absolute Gasteiger partial charge is 0.305 e. The van der Waals surface area contributed by atoms with Gasteiger partial charge in [0.1, 0.15) is 0 Å². The normalized spacial score (nSPS) is 17.1. The second kappa shape index (κ2) is 5.36. The van der Waals surface area contributed by atoms with Gasteiger partial charge >= 0.3 is 0 Å². The van der Waals surface area contributed by atoms with E-state index in [9.17, 15) is 4.21 Å². The van der Waals surface area contributed by atoms with Crippen molar-refractivity contribution in [2.24, 2.45) is 0 Å². The van der Waals surface area contributed by atoms with E-state index in [1.807, 2.05) is 18.2 Å². The Bertz CT molecular complexity index is 633. The highest BCUT2D eigenvalue weighted by Crippen LogP contribution is 2.38. The Morgan fingerprint density at radius 2 is 2.22 bits per heavy atom. The summed E-state index contributed by atoms with van der Waals surface area (Å²) in [5, 5.41) is 2.23. The molecular formula is C12H10INO2S2. The van der Waals surface area contributed by atoms with Crippen LogP contribution >= 0.6 is 30.4 Å². The van der Waals surface area contributed by atoms with E-state index >= 15 is 0 Å². The summed E-state index contributed by atoms with van der Waals surface area (Å²) in [6, 6.07) is 10.1. The lowest BCUT2D eigenvalue weighted by molar-refractivity contribution is 0.386. The first-order valence-corrected chi connectivity index (χ1v) is 9.88. The molecule has 1 heterocycles. The van der Waals surface area contributed by atoms with Crippen molar-refractivity contribution in [3.63, 3.8) is 0 Å². The van der Waals surface area contributed by atoms with E-state index in [1.165, 1.54) is 9.21 Å². The number of benzene rings is 2. The molecule has 1 N–H and O–H groups in total. The van der Waals surface area contributed by atoms with Crippen molar-refractivity contribution in [2.45, 2.75) is 11.3 Å². The van der Waals surface area contributed by atoms with Crippen LogP contribution in [0.5, 0.6) is 0 Å². The SMILES string of the molecule is O=S1Nc2c(CCOSI)ccc3cccc1c23. The molecular weight excluding hydrogens is 381 g/mol. The molecule has 0 fully saturated rings. The molecule has 6 heteroatoms. The highest BCUT2D eigenvalue weighted by Gasteiger charge is 2.22. The van der Waals surface area contributed by atoms with E-state index in [0.717, 1.165) is 33.3 Å². The summed E-state index contributed by atoms with van der Waals surface area (Å²) in [7, 11) is 0.220. The first-order valence-electron chi connectivity index (χ1n) is 5.44. The zero-order valence-corrected chi connectivity index (χ0v) is 13.1. The van der Waals surface area contributed by atoms with Crippen LogP contribution < -0.4 is 4.72 Å². The summed E-state index contributed by atoms with van der Waals surface area (Å²) in [6.45, 7) is 0.655. The van der Waals surface area contributed by atoms with Gasteiger partial charge in [0.25, 0.3) is 0 Å². The summed E-state index contributed by atoms with van der Waals surface area (Å²) >= 11 is 2.11. The van der Waals surface area contributed by atoms with Crippen LogP contribution in [0.1, 0.15) is 5.56 Å². The monoisotopic (exact) mass is 391 g/mol. The molecule has 94 valence electrons. The van der Waals surface area contributed by atoms with Gasteiger partial charge in [0.2, 0.25) is 0 Å². The second-order valence-corrected chi connectivity index (χ2v) is 6.58. The maximum Gasteiger partial charge on any atom is 0.151 e. The van der Waals surface area contributed by atoms with E-state index in [4.69, 9.17) is 4.18 Å². The van der Waals surface area contributed by atoms with Crippen LogP contribution in [-0.4, -0.2) is 10.8 Å². The first-order chi connectivity index (χ1) is 8.81. The summed E-state index contributed by atoms with van der Waals surface area (Å²) in [6.07, 6.45) is 0.819. The van der Waals surface area contributed by atoms with Crippen LogP contribution in [0.4, 0.5) is 5.69 Å². The van der Waals surface area contributed by atoms with Crippen molar-refractivity contribution in [3.8, 4) is 0 Å². The van der Waals surface area contributed by atoms with Gasteiger partial charge in [-0.1, -0.05) is 24.3 Å². The fourth-order valence-corrected chi connectivity index (χ4v) is 4.02. The van der Waals surface area contributed by atoms with Crippen molar-refractivity contribution in [2.75, 3.05) is 11.3 Å². The van der Waals surface area contributed by atoms with E-state index in [-0.39, 0.29) is 0 Å². The third-order valence-corrected chi connectivity index (χ3v) is 5.14. The Labute approximate surface area is 124 Å². The highest BCUT2D eigenvalue weighted by molar-refractivity contribution is 14.2. The van der Waals surface area contributed by atoms with Gasteiger partial charge in [-0.2, -0.15) is 0 Å². The average Bonchev–Trinajstić information content (AvgIpc) is 2.72. The van der Waals surface area contributed by atoms with Gasteiger partial charge in [-0.25, -0.2) is 4.21 Å². The van der Waals surface area contributed by atoms with Crippen molar-refractivity contribution in [1.82, 2.24) is 0 Å². The van der Waals surface area contributed by atoms with Gasteiger partial charge in [-0.15, -0.1) is 0 Å². The predicted molar refractivity (Wildman–Crippen MR) is 85.2 cm³/mol. The highest BCUT2D eigenvalue weighted by atomic mass is 127. The van der Waals surface area contributed by atoms with Gasteiger partial charge in [0.15, 0.2) is 11.0 Å². The number of hydrogen-bond acceptors (Lipinski definition) is 3. The van der Waals surface area contributed by atoms with Crippen LogP contribution in [0.2, 0.25) is 0 Å². The lowest BCUT2D eigenvalue weighted by Gasteiger charge is -2.07. The Kier molecular flexibility index (Phi) is 3.78. The minimum absolute atomic E-state index is 0.655. The van der Waals surface area contributed by atoms with E-state index in [2.05, 4.69) is 38.1 Å². The summed E-state index contributed by atoms with van der Waals surface area (Å²) < 4.78 is 20.4. The third-order valence-electron chi connectivity index (χ3n) is 2.99. The fraction of sp³-hybridized carbons (Fsp3) is 0.167. The number of nitrogens with one attached hydrogen (secondary N) is 1. The smallest absolute Gasteiger partial charge is 0.151 e. The molecule has 1 atom stereocenters. The molecule has 18 heavy (non-hydrogen) atoms. The zero-order valence-electron chi connectivity index (χ0n) is 9.31. The Balaban J connectivity index is 2.06. The number of anilines is 1. The van der Waals surface area contributed by atoms with E-state index in [1.54, 1.807) is 0 Å². The average molecular weight is 391 g/mol. The molecule has 1 aliphatic heterocycles. The fourth-order valence-electron chi connectivity index (χ4n) is 2.20. The molecule has 0 radical (unpaired) electrons. The van der Waals surface area contributed by atoms with Crippen LogP contribution in [0.3, 0.4) is 0 Å². The lowest BCUT2D eigenvalue weighted by Crippen LogP contribution is -2.00. The van der Waals surface area contributed by atoms with Gasteiger partial charge in [0, 0.05) is 26.6 Å². The number of hydrogen-bond donors (Lipinski definition) is 1. The maximum absolute atomic E-state index is 12.0. The maximum atomic E-state index is 12.0. The van der Waals surface area contributed by atoms with Crippen molar-refractivity contribution in [1.29, 1.82) is 0 Å². The Morgan fingerprint density at radius 1 is 1.33 bits per heavy atom. The molecule has 0 amide bonds. The standard InChI is InChI=1S/C12H10INO2S2/c13-17-16-7-6-9-5-4-8-2-1-3-10-11(8)12(9)14-18(10)15/h1-5,14H,6-7H2. The van der Waals surface area contributed by atoms with Gasteiger partial charge in [-0.3, -0.25) is 0 Å². The minimum atomic E-state index is -1.12. The quantitative estimate of drug-likeness (QED) is 0.489. The van der Waals surface area contributed by atoms with Crippen molar-refractivity contribution in [3.05, 3.63) is 35.9 Å². The zero-order chi connectivity index (χ0) is 12.5. The summed E-state index contributed by atoms with van der Waals surface area (Å²) in [5.41, 5.74) is 2.16. The molecule has 0 spiro atoms. The number of rotatable bonds is 4. The van der Waals surface area contributed by atoms with Crippen LogP contribution in [0, 0.1) is 0 Å². The van der Waals surface area contributed by atoms with Gasteiger partial charge in [-0.05, 0) is 23.4 Å². The third kappa shape index (κ3) is 2.15. The topological polar surface area (TPSA) is 38.3 Å². The van der Waals surface area contributed by atoms with Gasteiger partial charge < -0.3 is 8.91 Å². The van der Waals surface area contributed by atoms with Crippen molar-refractivity contribution >= 4 is 57.9 Å². The van der Waals surface area contributed by atoms with Crippen LogP contribution in [0.15, 0.2) is 35.2 Å². The van der Waals surface area contributed by atoms with E-state index in [0.29, 0.717) is 6.61 Å². The molecule has 2 aromatic carbocycles. The molecule has 0 aliphatic carbocycles. The molecule has 1 aliphatic rings. The number of halogens is 1. The molecule has 2 aromatic rings. The lowest BCUT2D eigenvalue weighted by atomic mass is 10.0. The van der Waals surface area contributed by atoms with Crippen molar-refractivity contribution < 1.29 is 8.39 Å². The van der Waals surface area contributed by atoms with Crippen LogP contribution in [-0.2, 0) is 21.6 Å². The predicted octanol–water partition coefficient (Wildman–Crippen LogP) is 3.85. The molecule has 0 saturated heterocycles. The molecule has 0 bridgehead atoms. The molecule has 0 saturated carbocycles. The molecule has 3 rings (SSSR count). The molecule has 0 aromatic heterocycles. The van der Waals surface area contributed by atoms with Gasteiger partial charge in [0.05, 0.1) is 26.4 Å². The Hall–Kier alpha value is -0.310. The first kappa shape index (κ1) is 12.7. The van der Waals surface area contributed by atoms with Crippen LogP contribution in [0.25, 0.3) is 10.8 Å². The van der Waals surface area contributed by atoms with E-state index < -0.39 is 11.0 Å². The minimum Gasteiger partial charge on any atom is -0.305 e. The molecule has 3 nitrogen and oxygen atoms in total. The Morgan fingerprint density at radius 3 is 3.06 bits per heavy atom. The second-order valence-electron chi connectivity index (χ2n) is 3.96.